The van der Waals surface area contributed by atoms with Crippen LogP contribution >= 0.6 is 11.3 Å². The molecular weight excluding hydrogens is 274 g/mol. The van der Waals surface area contributed by atoms with E-state index in [0.717, 1.165) is 21.7 Å². The average Bonchev–Trinajstić information content (AvgIpc) is 3.04. The number of thiazole rings is 1. The summed E-state index contributed by atoms with van der Waals surface area (Å²) in [5, 5.41) is 13.7. The van der Waals surface area contributed by atoms with E-state index in [4.69, 9.17) is 0 Å². The van der Waals surface area contributed by atoms with Crippen molar-refractivity contribution in [3.05, 3.63) is 40.3 Å². The second-order valence-electron chi connectivity index (χ2n) is 4.40. The van der Waals surface area contributed by atoms with Gasteiger partial charge in [0, 0.05) is 11.1 Å². The standard InChI is InChI=1S/C13H13N5OS/c1-9-8-20-13(15-9)6-14-12(19)7-18-11-5-3-2-4-10(11)16-17-18/h2-5,8H,6-7H2,1H3,(H,14,19). The van der Waals surface area contributed by atoms with E-state index in [0.29, 0.717) is 6.54 Å². The van der Waals surface area contributed by atoms with Crippen LogP contribution < -0.4 is 5.32 Å². The van der Waals surface area contributed by atoms with Crippen LogP contribution in [0, 0.1) is 6.92 Å². The minimum atomic E-state index is -0.103. The van der Waals surface area contributed by atoms with Crippen molar-refractivity contribution in [1.82, 2.24) is 25.3 Å². The van der Waals surface area contributed by atoms with Gasteiger partial charge in [0.2, 0.25) is 5.91 Å². The Hall–Kier alpha value is -2.28. The molecule has 0 saturated carbocycles. The number of para-hydroxylation sites is 1. The number of hydrogen-bond donors (Lipinski definition) is 1. The Kier molecular flexibility index (Phi) is 3.42. The van der Waals surface area contributed by atoms with Gasteiger partial charge >= 0.3 is 0 Å². The van der Waals surface area contributed by atoms with Crippen LogP contribution in [0.15, 0.2) is 29.6 Å². The molecule has 20 heavy (non-hydrogen) atoms. The van der Waals surface area contributed by atoms with Crippen LogP contribution in [0.1, 0.15) is 10.7 Å². The third kappa shape index (κ3) is 2.67. The topological polar surface area (TPSA) is 72.7 Å². The van der Waals surface area contributed by atoms with E-state index in [-0.39, 0.29) is 12.5 Å². The lowest BCUT2D eigenvalue weighted by Crippen LogP contribution is -2.27. The van der Waals surface area contributed by atoms with Gasteiger partial charge in [-0.1, -0.05) is 17.3 Å². The number of rotatable bonds is 4. The zero-order valence-electron chi connectivity index (χ0n) is 10.9. The molecule has 0 aliphatic carbocycles. The lowest BCUT2D eigenvalue weighted by molar-refractivity contribution is -0.121. The van der Waals surface area contributed by atoms with Crippen LogP contribution in [0.2, 0.25) is 0 Å². The zero-order chi connectivity index (χ0) is 13.9. The number of aromatic nitrogens is 4. The minimum Gasteiger partial charge on any atom is -0.348 e. The largest absolute Gasteiger partial charge is 0.348 e. The highest BCUT2D eigenvalue weighted by molar-refractivity contribution is 7.09. The van der Waals surface area contributed by atoms with Gasteiger partial charge in [-0.2, -0.15) is 0 Å². The van der Waals surface area contributed by atoms with E-state index in [9.17, 15) is 4.79 Å². The fraction of sp³-hybridized carbons (Fsp3) is 0.231. The molecule has 6 nitrogen and oxygen atoms in total. The maximum atomic E-state index is 11.9. The van der Waals surface area contributed by atoms with Gasteiger partial charge in [0.1, 0.15) is 17.1 Å². The normalized spacial score (nSPS) is 10.8. The summed E-state index contributed by atoms with van der Waals surface area (Å²) in [6.45, 7) is 2.54. The van der Waals surface area contributed by atoms with Crippen LogP contribution in [-0.2, 0) is 17.9 Å². The molecule has 3 aromatic rings. The first-order chi connectivity index (χ1) is 9.72. The molecule has 0 saturated heterocycles. The Balaban J connectivity index is 1.64. The van der Waals surface area contributed by atoms with Crippen LogP contribution in [0.4, 0.5) is 0 Å². The van der Waals surface area contributed by atoms with E-state index < -0.39 is 0 Å². The predicted molar refractivity (Wildman–Crippen MR) is 76.2 cm³/mol. The van der Waals surface area contributed by atoms with Gasteiger partial charge in [0.15, 0.2) is 0 Å². The Morgan fingerprint density at radius 3 is 3.05 bits per heavy atom. The maximum Gasteiger partial charge on any atom is 0.242 e. The van der Waals surface area contributed by atoms with E-state index >= 15 is 0 Å². The number of aryl methyl sites for hydroxylation is 1. The molecular formula is C13H13N5OS. The molecule has 1 aromatic carbocycles. The summed E-state index contributed by atoms with van der Waals surface area (Å²) in [6.07, 6.45) is 0. The van der Waals surface area contributed by atoms with E-state index in [1.807, 2.05) is 36.6 Å². The third-order valence-electron chi connectivity index (χ3n) is 2.82. The van der Waals surface area contributed by atoms with E-state index in [1.165, 1.54) is 0 Å². The summed E-state index contributed by atoms with van der Waals surface area (Å²) in [4.78, 5) is 16.2. The average molecular weight is 287 g/mol. The number of fused-ring (bicyclic) bond motifs is 1. The summed E-state index contributed by atoms with van der Waals surface area (Å²) >= 11 is 1.54. The van der Waals surface area contributed by atoms with Gasteiger partial charge in [0.05, 0.1) is 12.1 Å². The van der Waals surface area contributed by atoms with Gasteiger partial charge in [-0.15, -0.1) is 16.4 Å². The number of carbonyl (C=O) groups is 1. The molecule has 3 rings (SSSR count). The lowest BCUT2D eigenvalue weighted by Gasteiger charge is -2.03. The van der Waals surface area contributed by atoms with E-state index in [2.05, 4.69) is 20.6 Å². The van der Waals surface area contributed by atoms with Gasteiger partial charge in [-0.3, -0.25) is 4.79 Å². The van der Waals surface area contributed by atoms with Gasteiger partial charge in [0.25, 0.3) is 0 Å². The minimum absolute atomic E-state index is 0.103. The number of nitrogens with one attached hydrogen (secondary N) is 1. The molecule has 0 fully saturated rings. The van der Waals surface area contributed by atoms with Gasteiger partial charge in [-0.05, 0) is 19.1 Å². The monoisotopic (exact) mass is 287 g/mol. The number of nitrogens with zero attached hydrogens (tertiary/aromatic N) is 4. The zero-order valence-corrected chi connectivity index (χ0v) is 11.7. The van der Waals surface area contributed by atoms with Gasteiger partial charge in [-0.25, -0.2) is 9.67 Å². The number of amides is 1. The van der Waals surface area contributed by atoms with Crippen molar-refractivity contribution in [2.45, 2.75) is 20.0 Å². The molecule has 0 radical (unpaired) electrons. The number of benzene rings is 1. The number of carbonyl (C=O) groups excluding carboxylic acids is 1. The van der Waals surface area contributed by atoms with Crippen LogP contribution in [0.3, 0.4) is 0 Å². The molecule has 0 spiro atoms. The van der Waals surface area contributed by atoms with Crippen molar-refractivity contribution < 1.29 is 4.79 Å². The molecule has 7 heteroatoms. The smallest absolute Gasteiger partial charge is 0.242 e. The molecule has 2 aromatic heterocycles. The van der Waals surface area contributed by atoms with Crippen molar-refractivity contribution in [1.29, 1.82) is 0 Å². The first-order valence-corrected chi connectivity index (χ1v) is 7.06. The summed E-state index contributed by atoms with van der Waals surface area (Å²) < 4.78 is 1.60. The summed E-state index contributed by atoms with van der Waals surface area (Å²) in [7, 11) is 0. The third-order valence-corrected chi connectivity index (χ3v) is 3.78. The van der Waals surface area contributed by atoms with Crippen LogP contribution in [0.5, 0.6) is 0 Å². The quantitative estimate of drug-likeness (QED) is 0.789. The maximum absolute atomic E-state index is 11.9. The Morgan fingerprint density at radius 2 is 2.25 bits per heavy atom. The highest BCUT2D eigenvalue weighted by Crippen LogP contribution is 2.10. The van der Waals surface area contributed by atoms with Crippen molar-refractivity contribution in [2.75, 3.05) is 0 Å². The summed E-state index contributed by atoms with van der Waals surface area (Å²) in [6, 6.07) is 7.56. The molecule has 0 aliphatic rings. The SMILES string of the molecule is Cc1csc(CNC(=O)Cn2nnc3ccccc32)n1. The van der Waals surface area contributed by atoms with Crippen LogP contribution in [0.25, 0.3) is 11.0 Å². The highest BCUT2D eigenvalue weighted by atomic mass is 32.1. The summed E-state index contributed by atoms with van der Waals surface area (Å²) in [5.41, 5.74) is 2.62. The fourth-order valence-electron chi connectivity index (χ4n) is 1.88. The molecule has 102 valence electrons. The lowest BCUT2D eigenvalue weighted by atomic mass is 10.3. The van der Waals surface area contributed by atoms with Crippen molar-refractivity contribution in [3.8, 4) is 0 Å². The van der Waals surface area contributed by atoms with Crippen molar-refractivity contribution >= 4 is 28.3 Å². The Labute approximate surface area is 119 Å². The second kappa shape index (κ2) is 5.38. The first-order valence-electron chi connectivity index (χ1n) is 6.18. The Bertz CT molecular complexity index is 748. The second-order valence-corrected chi connectivity index (χ2v) is 5.34. The molecule has 0 bridgehead atoms. The molecule has 1 amide bonds. The molecule has 2 heterocycles. The molecule has 0 unspecified atom stereocenters. The van der Waals surface area contributed by atoms with Gasteiger partial charge < -0.3 is 5.32 Å². The molecule has 1 N–H and O–H groups in total. The first kappa shape index (κ1) is 12.7. The highest BCUT2D eigenvalue weighted by Gasteiger charge is 2.08. The van der Waals surface area contributed by atoms with Crippen molar-refractivity contribution in [2.24, 2.45) is 0 Å². The predicted octanol–water partition coefficient (Wildman–Crippen LogP) is 1.51. The van der Waals surface area contributed by atoms with Crippen molar-refractivity contribution in [3.63, 3.8) is 0 Å². The summed E-state index contributed by atoms with van der Waals surface area (Å²) in [5.74, 6) is -0.103. The van der Waals surface area contributed by atoms with Crippen LogP contribution in [-0.4, -0.2) is 25.9 Å². The van der Waals surface area contributed by atoms with E-state index in [1.54, 1.807) is 16.0 Å². The molecule has 0 atom stereocenters. The molecule has 0 aliphatic heterocycles. The fourth-order valence-corrected chi connectivity index (χ4v) is 2.60. The Morgan fingerprint density at radius 1 is 1.40 bits per heavy atom. The number of hydrogen-bond acceptors (Lipinski definition) is 5.